The lowest BCUT2D eigenvalue weighted by atomic mass is 9.86. The highest BCUT2D eigenvalue weighted by molar-refractivity contribution is 5.81. The van der Waals surface area contributed by atoms with E-state index in [0.717, 1.165) is 0 Å². The van der Waals surface area contributed by atoms with Crippen LogP contribution in [0.3, 0.4) is 0 Å². The predicted molar refractivity (Wildman–Crippen MR) is 152 cm³/mol. The number of amides is 2. The maximum atomic E-state index is 12.5. The van der Waals surface area contributed by atoms with Crippen molar-refractivity contribution in [3.8, 4) is 0 Å². The number of hydrogen-bond donors (Lipinski definition) is 4. The number of carbonyl (C=O) groups is 4. The van der Waals surface area contributed by atoms with Gasteiger partial charge in [-0.2, -0.15) is 0 Å². The molecule has 13 heteroatoms. The van der Waals surface area contributed by atoms with Gasteiger partial charge in [0.1, 0.15) is 25.3 Å². The lowest BCUT2D eigenvalue weighted by Crippen LogP contribution is -2.48. The first-order valence-electron chi connectivity index (χ1n) is 13.3. The Kier molecular flexibility index (Phi) is 12.0. The van der Waals surface area contributed by atoms with Crippen LogP contribution in [0.25, 0.3) is 0 Å². The van der Waals surface area contributed by atoms with Crippen LogP contribution in [0.4, 0.5) is 15.3 Å². The molecular weight excluding hydrogens is 562 g/mol. The van der Waals surface area contributed by atoms with Crippen molar-refractivity contribution >= 4 is 29.8 Å². The number of carboxylic acids is 2. The molecule has 0 spiro atoms. The van der Waals surface area contributed by atoms with Crippen LogP contribution in [0.1, 0.15) is 29.5 Å². The minimum Gasteiger partial charge on any atom is -0.480 e. The molecule has 3 unspecified atom stereocenters. The first kappa shape index (κ1) is 32.1. The monoisotopic (exact) mass is 593 g/mol. The van der Waals surface area contributed by atoms with Crippen LogP contribution in [0.2, 0.25) is 0 Å². The van der Waals surface area contributed by atoms with Gasteiger partial charge >= 0.3 is 24.1 Å². The van der Waals surface area contributed by atoms with Crippen molar-refractivity contribution < 1.29 is 43.8 Å². The van der Waals surface area contributed by atoms with Crippen LogP contribution in [0.5, 0.6) is 0 Å². The summed E-state index contributed by atoms with van der Waals surface area (Å²) in [7, 11) is 0. The van der Waals surface area contributed by atoms with E-state index < -0.39 is 47.0 Å². The van der Waals surface area contributed by atoms with Crippen LogP contribution in [0, 0.1) is 16.0 Å². The van der Waals surface area contributed by atoms with Gasteiger partial charge in [-0.05, 0) is 41.9 Å². The standard InChI is InChI=1S/C30H31N3O10/c34-27(35)25(31-29(38)42-18-21-7-3-1-4-8-21)16-13-23(17-20-11-14-24(15-12-20)33(40)41)26(28(36)37)32-30(39)43-19-22-9-5-2-6-10-22/h1-12,14-15,23,25-26H,13,16-19H2,(H,31,38)(H,32,39)(H,34,35)(H,36,37). The predicted octanol–water partition coefficient (Wildman–Crippen LogP) is 4.29. The summed E-state index contributed by atoms with van der Waals surface area (Å²) in [4.78, 5) is 59.6. The molecule has 13 nitrogen and oxygen atoms in total. The number of nitro groups is 1. The number of hydrogen-bond acceptors (Lipinski definition) is 8. The van der Waals surface area contributed by atoms with Gasteiger partial charge in [0.2, 0.25) is 0 Å². The van der Waals surface area contributed by atoms with E-state index in [1.54, 1.807) is 60.7 Å². The summed E-state index contributed by atoms with van der Waals surface area (Å²) in [6.45, 7) is -0.194. The molecule has 0 radical (unpaired) electrons. The van der Waals surface area contributed by atoms with Crippen molar-refractivity contribution in [2.45, 2.75) is 44.6 Å². The van der Waals surface area contributed by atoms with E-state index in [2.05, 4.69) is 10.6 Å². The molecule has 3 atom stereocenters. The molecule has 0 bridgehead atoms. The van der Waals surface area contributed by atoms with E-state index in [0.29, 0.717) is 16.7 Å². The second-order valence-corrected chi connectivity index (χ2v) is 9.58. The average molecular weight is 594 g/mol. The lowest BCUT2D eigenvalue weighted by molar-refractivity contribution is -0.384. The van der Waals surface area contributed by atoms with E-state index in [-0.39, 0.29) is 38.2 Å². The number of aliphatic carboxylic acids is 2. The highest BCUT2D eigenvalue weighted by Gasteiger charge is 2.32. The topological polar surface area (TPSA) is 194 Å². The van der Waals surface area contributed by atoms with Crippen molar-refractivity contribution in [3.05, 3.63) is 112 Å². The van der Waals surface area contributed by atoms with Gasteiger partial charge in [0.25, 0.3) is 5.69 Å². The van der Waals surface area contributed by atoms with Crippen molar-refractivity contribution in [2.75, 3.05) is 0 Å². The van der Waals surface area contributed by atoms with Crippen LogP contribution in [-0.2, 0) is 38.7 Å². The molecule has 0 aromatic heterocycles. The van der Waals surface area contributed by atoms with Crippen LogP contribution < -0.4 is 10.6 Å². The zero-order valence-electron chi connectivity index (χ0n) is 23.0. The Morgan fingerprint density at radius 3 is 1.67 bits per heavy atom. The number of nitrogens with one attached hydrogen (secondary N) is 2. The number of carbonyl (C=O) groups excluding carboxylic acids is 2. The Bertz CT molecular complexity index is 1380. The maximum Gasteiger partial charge on any atom is 0.408 e. The third kappa shape index (κ3) is 10.8. The van der Waals surface area contributed by atoms with E-state index in [1.165, 1.54) is 24.3 Å². The summed E-state index contributed by atoms with van der Waals surface area (Å²) in [5.41, 5.74) is 1.73. The smallest absolute Gasteiger partial charge is 0.408 e. The Morgan fingerprint density at radius 2 is 1.21 bits per heavy atom. The van der Waals surface area contributed by atoms with Crippen molar-refractivity contribution in [3.63, 3.8) is 0 Å². The van der Waals surface area contributed by atoms with Crippen molar-refractivity contribution in [2.24, 2.45) is 5.92 Å². The summed E-state index contributed by atoms with van der Waals surface area (Å²) in [5, 5.41) is 35.4. The molecule has 3 aromatic carbocycles. The average Bonchev–Trinajstić information content (AvgIpc) is 3.00. The van der Waals surface area contributed by atoms with E-state index in [9.17, 15) is 39.5 Å². The fourth-order valence-electron chi connectivity index (χ4n) is 4.26. The van der Waals surface area contributed by atoms with Gasteiger partial charge < -0.3 is 30.3 Å². The van der Waals surface area contributed by atoms with Gasteiger partial charge in [-0.15, -0.1) is 0 Å². The minimum absolute atomic E-state index is 0.0126. The largest absolute Gasteiger partial charge is 0.480 e. The first-order valence-corrected chi connectivity index (χ1v) is 13.3. The number of alkyl carbamates (subject to hydrolysis) is 2. The zero-order chi connectivity index (χ0) is 31.2. The van der Waals surface area contributed by atoms with Gasteiger partial charge in [-0.1, -0.05) is 72.8 Å². The quantitative estimate of drug-likeness (QED) is 0.146. The normalized spacial score (nSPS) is 12.7. The molecule has 43 heavy (non-hydrogen) atoms. The van der Waals surface area contributed by atoms with Crippen LogP contribution >= 0.6 is 0 Å². The molecule has 0 aliphatic rings. The van der Waals surface area contributed by atoms with Crippen molar-refractivity contribution in [1.29, 1.82) is 0 Å². The number of benzene rings is 3. The fraction of sp³-hybridized carbons (Fsp3) is 0.267. The molecule has 0 saturated heterocycles. The summed E-state index contributed by atoms with van der Waals surface area (Å²) in [6, 6.07) is 20.0. The minimum atomic E-state index is -1.52. The van der Waals surface area contributed by atoms with E-state index in [4.69, 9.17) is 9.47 Å². The number of ether oxygens (including phenoxy) is 2. The maximum absolute atomic E-state index is 12.5. The highest BCUT2D eigenvalue weighted by Crippen LogP contribution is 2.22. The van der Waals surface area contributed by atoms with E-state index >= 15 is 0 Å². The number of carboxylic acid groups (broad SMARTS) is 2. The molecular formula is C30H31N3O10. The molecule has 3 rings (SSSR count). The third-order valence-electron chi connectivity index (χ3n) is 6.50. The second-order valence-electron chi connectivity index (χ2n) is 9.58. The van der Waals surface area contributed by atoms with Gasteiger partial charge in [0, 0.05) is 12.1 Å². The SMILES string of the molecule is O=C(NC(CCC(Cc1ccc([N+](=O)[O-])cc1)C(NC(=O)OCc1ccccc1)C(=O)O)C(=O)O)OCc1ccccc1. The summed E-state index contributed by atoms with van der Waals surface area (Å²) < 4.78 is 10.3. The first-order chi connectivity index (χ1) is 20.6. The number of non-ortho nitro benzene ring substituents is 1. The van der Waals surface area contributed by atoms with Gasteiger partial charge in [-0.3, -0.25) is 10.1 Å². The van der Waals surface area contributed by atoms with Crippen LogP contribution in [0.15, 0.2) is 84.9 Å². The highest BCUT2D eigenvalue weighted by atomic mass is 16.6. The fourth-order valence-corrected chi connectivity index (χ4v) is 4.26. The second kappa shape index (κ2) is 16.1. The zero-order valence-corrected chi connectivity index (χ0v) is 23.0. The lowest BCUT2D eigenvalue weighted by Gasteiger charge is -2.26. The molecule has 226 valence electrons. The van der Waals surface area contributed by atoms with Gasteiger partial charge in [0.05, 0.1) is 4.92 Å². The Hall–Kier alpha value is -5.46. The molecule has 4 N–H and O–H groups in total. The van der Waals surface area contributed by atoms with Gasteiger partial charge in [0.15, 0.2) is 0 Å². The van der Waals surface area contributed by atoms with E-state index in [1.807, 2.05) is 0 Å². The Balaban J connectivity index is 1.71. The molecule has 0 fully saturated rings. The molecule has 2 amide bonds. The summed E-state index contributed by atoms with van der Waals surface area (Å²) in [6.07, 6.45) is -2.25. The summed E-state index contributed by atoms with van der Waals surface area (Å²) >= 11 is 0. The third-order valence-corrected chi connectivity index (χ3v) is 6.50. The van der Waals surface area contributed by atoms with Crippen molar-refractivity contribution in [1.82, 2.24) is 10.6 Å². The van der Waals surface area contributed by atoms with Gasteiger partial charge in [-0.25, -0.2) is 19.2 Å². The molecule has 0 heterocycles. The molecule has 0 aliphatic carbocycles. The number of nitro benzene ring substituents is 1. The Labute approximate surface area is 246 Å². The Morgan fingerprint density at radius 1 is 0.698 bits per heavy atom. The molecule has 0 aliphatic heterocycles. The number of rotatable bonds is 15. The molecule has 3 aromatic rings. The number of nitrogens with zero attached hydrogens (tertiary/aromatic N) is 1. The van der Waals surface area contributed by atoms with Crippen LogP contribution in [-0.4, -0.2) is 51.3 Å². The summed E-state index contributed by atoms with van der Waals surface area (Å²) in [5.74, 6) is -3.66. The molecule has 0 saturated carbocycles.